The Labute approximate surface area is 184 Å². The van der Waals surface area contributed by atoms with Gasteiger partial charge in [-0.05, 0) is 61.4 Å². The van der Waals surface area contributed by atoms with E-state index in [1.54, 1.807) is 29.6 Å². The molecule has 1 aliphatic rings. The summed E-state index contributed by atoms with van der Waals surface area (Å²) in [4.78, 5) is 16.5. The molecule has 31 heavy (non-hydrogen) atoms. The maximum atomic E-state index is 12.5. The molecule has 162 valence electrons. The molecule has 4 rings (SSSR count). The fourth-order valence-corrected chi connectivity index (χ4v) is 4.82. The largest absolute Gasteiger partial charge is 0.491 e. The molecule has 2 aromatic carbocycles. The van der Waals surface area contributed by atoms with Gasteiger partial charge < -0.3 is 14.8 Å². The number of hydrogen-bond acceptors (Lipinski definition) is 7. The van der Waals surface area contributed by atoms with Gasteiger partial charge in [0.15, 0.2) is 5.13 Å². The van der Waals surface area contributed by atoms with E-state index < -0.39 is 10.0 Å². The minimum atomic E-state index is -3.73. The van der Waals surface area contributed by atoms with Crippen LogP contribution in [0.1, 0.15) is 23.2 Å². The molecular formula is C21H21N3O5S2. The molecule has 0 spiro atoms. The minimum Gasteiger partial charge on any atom is -0.491 e. The van der Waals surface area contributed by atoms with E-state index in [0.717, 1.165) is 19.4 Å². The van der Waals surface area contributed by atoms with Crippen molar-refractivity contribution in [2.75, 3.05) is 23.3 Å². The molecule has 2 N–H and O–H groups in total. The monoisotopic (exact) mass is 459 g/mol. The van der Waals surface area contributed by atoms with Crippen molar-refractivity contribution in [3.63, 3.8) is 0 Å². The second-order valence-electron chi connectivity index (χ2n) is 6.89. The SMILES string of the molecule is O=C(Nc1ccc(S(=O)(=O)Nc2nccs2)cc1)c1ccc(OCC2CCCO2)cc1. The van der Waals surface area contributed by atoms with Crippen LogP contribution < -0.4 is 14.8 Å². The van der Waals surface area contributed by atoms with Crippen LogP contribution in [-0.2, 0) is 14.8 Å². The average Bonchev–Trinajstić information content (AvgIpc) is 3.47. The summed E-state index contributed by atoms with van der Waals surface area (Å²) >= 11 is 1.19. The van der Waals surface area contributed by atoms with Crippen LogP contribution in [0.25, 0.3) is 0 Å². The molecule has 0 aliphatic carbocycles. The van der Waals surface area contributed by atoms with E-state index in [2.05, 4.69) is 15.0 Å². The van der Waals surface area contributed by atoms with Gasteiger partial charge in [0.1, 0.15) is 12.4 Å². The molecule has 0 radical (unpaired) electrons. The number of rotatable bonds is 8. The second kappa shape index (κ2) is 9.46. The lowest BCUT2D eigenvalue weighted by atomic mass is 10.2. The van der Waals surface area contributed by atoms with Gasteiger partial charge in [0, 0.05) is 29.4 Å². The molecule has 2 heterocycles. The number of sulfonamides is 1. The summed E-state index contributed by atoms with van der Waals surface area (Å²) < 4.78 is 38.4. The second-order valence-corrected chi connectivity index (χ2v) is 9.47. The summed E-state index contributed by atoms with van der Waals surface area (Å²) in [5.74, 6) is 0.372. The predicted octanol–water partition coefficient (Wildman–Crippen LogP) is 3.75. The van der Waals surface area contributed by atoms with Crippen LogP contribution in [0.5, 0.6) is 5.75 Å². The summed E-state index contributed by atoms with van der Waals surface area (Å²) in [6.07, 6.45) is 3.71. The van der Waals surface area contributed by atoms with Crippen molar-refractivity contribution >= 4 is 38.1 Å². The summed E-state index contributed by atoms with van der Waals surface area (Å²) in [6.45, 7) is 1.28. The first-order valence-electron chi connectivity index (χ1n) is 9.68. The van der Waals surface area contributed by atoms with Crippen LogP contribution in [-0.4, -0.2) is 38.6 Å². The third kappa shape index (κ3) is 5.60. The van der Waals surface area contributed by atoms with Crippen LogP contribution in [0.3, 0.4) is 0 Å². The molecule has 0 bridgehead atoms. The summed E-state index contributed by atoms with van der Waals surface area (Å²) in [7, 11) is -3.73. The van der Waals surface area contributed by atoms with E-state index in [0.29, 0.717) is 28.7 Å². The Balaban J connectivity index is 1.33. The normalized spacial score (nSPS) is 16.1. The first kappa shape index (κ1) is 21.3. The van der Waals surface area contributed by atoms with E-state index in [-0.39, 0.29) is 16.9 Å². The lowest BCUT2D eigenvalue weighted by Crippen LogP contribution is -2.16. The number of ether oxygens (including phenoxy) is 2. The quantitative estimate of drug-likeness (QED) is 0.531. The standard InChI is InChI=1S/C21H21N3O5S2/c25-20(15-3-7-17(8-4-15)29-14-18-2-1-12-28-18)23-16-5-9-19(10-6-16)31(26,27)24-21-22-11-13-30-21/h3-11,13,18H,1-2,12,14H2,(H,22,24)(H,23,25). The van der Waals surface area contributed by atoms with Gasteiger partial charge in [-0.1, -0.05) is 0 Å². The summed E-state index contributed by atoms with van der Waals surface area (Å²) in [6, 6.07) is 12.8. The number of hydrogen-bond donors (Lipinski definition) is 2. The van der Waals surface area contributed by atoms with Gasteiger partial charge >= 0.3 is 0 Å². The van der Waals surface area contributed by atoms with Crippen molar-refractivity contribution < 1.29 is 22.7 Å². The Morgan fingerprint density at radius 2 is 1.94 bits per heavy atom. The Morgan fingerprint density at radius 1 is 1.16 bits per heavy atom. The number of benzene rings is 2. The average molecular weight is 460 g/mol. The zero-order valence-corrected chi connectivity index (χ0v) is 18.1. The molecule has 1 saturated heterocycles. The maximum Gasteiger partial charge on any atom is 0.263 e. The number of amides is 1. The molecule has 8 nitrogen and oxygen atoms in total. The molecule has 0 saturated carbocycles. The molecule has 1 fully saturated rings. The topological polar surface area (TPSA) is 107 Å². The molecule has 1 aliphatic heterocycles. The lowest BCUT2D eigenvalue weighted by molar-refractivity contribution is 0.0679. The number of nitrogens with one attached hydrogen (secondary N) is 2. The van der Waals surface area contributed by atoms with Gasteiger partial charge in [-0.3, -0.25) is 9.52 Å². The number of thiazole rings is 1. The molecular weight excluding hydrogens is 438 g/mol. The molecule has 1 aromatic heterocycles. The van der Waals surface area contributed by atoms with Gasteiger partial charge in [0.2, 0.25) is 0 Å². The number of nitrogens with zero attached hydrogens (tertiary/aromatic N) is 1. The molecule has 1 unspecified atom stereocenters. The zero-order valence-electron chi connectivity index (χ0n) is 16.5. The van der Waals surface area contributed by atoms with Gasteiger partial charge in [0.25, 0.3) is 15.9 Å². The summed E-state index contributed by atoms with van der Waals surface area (Å²) in [5.41, 5.74) is 0.948. The Bertz CT molecular complexity index is 1110. The molecule has 10 heteroatoms. The smallest absolute Gasteiger partial charge is 0.263 e. The van der Waals surface area contributed by atoms with Crippen molar-refractivity contribution in [3.05, 3.63) is 65.7 Å². The highest BCUT2D eigenvalue weighted by molar-refractivity contribution is 7.93. The van der Waals surface area contributed by atoms with Crippen LogP contribution >= 0.6 is 11.3 Å². The van der Waals surface area contributed by atoms with Gasteiger partial charge in [0.05, 0.1) is 11.0 Å². The highest BCUT2D eigenvalue weighted by Gasteiger charge is 2.17. The Hall–Kier alpha value is -2.95. The highest BCUT2D eigenvalue weighted by atomic mass is 32.2. The van der Waals surface area contributed by atoms with Gasteiger partial charge in [-0.25, -0.2) is 13.4 Å². The summed E-state index contributed by atoms with van der Waals surface area (Å²) in [5, 5.41) is 4.73. The molecule has 1 atom stereocenters. The first-order chi connectivity index (χ1) is 15.0. The van der Waals surface area contributed by atoms with Crippen molar-refractivity contribution in [2.45, 2.75) is 23.8 Å². The molecule has 1 amide bonds. The van der Waals surface area contributed by atoms with E-state index in [1.807, 2.05) is 0 Å². The third-order valence-electron chi connectivity index (χ3n) is 4.65. The van der Waals surface area contributed by atoms with E-state index >= 15 is 0 Å². The predicted molar refractivity (Wildman–Crippen MR) is 118 cm³/mol. The molecule has 3 aromatic rings. The van der Waals surface area contributed by atoms with Crippen LogP contribution in [0.2, 0.25) is 0 Å². The number of carbonyl (C=O) groups excluding carboxylic acids is 1. The van der Waals surface area contributed by atoms with E-state index in [9.17, 15) is 13.2 Å². The lowest BCUT2D eigenvalue weighted by Gasteiger charge is -2.12. The van der Waals surface area contributed by atoms with Crippen LogP contribution in [0.15, 0.2) is 65.0 Å². The van der Waals surface area contributed by atoms with Crippen LogP contribution in [0, 0.1) is 0 Å². The maximum absolute atomic E-state index is 12.5. The van der Waals surface area contributed by atoms with E-state index in [1.165, 1.54) is 41.8 Å². The highest BCUT2D eigenvalue weighted by Crippen LogP contribution is 2.21. The van der Waals surface area contributed by atoms with Crippen molar-refractivity contribution in [2.24, 2.45) is 0 Å². The van der Waals surface area contributed by atoms with Gasteiger partial charge in [-0.2, -0.15) is 0 Å². The Kier molecular flexibility index (Phi) is 6.50. The minimum absolute atomic E-state index is 0.0773. The first-order valence-corrected chi connectivity index (χ1v) is 12.0. The fourth-order valence-electron chi connectivity index (χ4n) is 3.04. The Morgan fingerprint density at radius 3 is 2.58 bits per heavy atom. The van der Waals surface area contributed by atoms with Crippen molar-refractivity contribution in [1.82, 2.24) is 4.98 Å². The van der Waals surface area contributed by atoms with Gasteiger partial charge in [-0.15, -0.1) is 11.3 Å². The van der Waals surface area contributed by atoms with Crippen molar-refractivity contribution in [3.8, 4) is 5.75 Å². The third-order valence-corrected chi connectivity index (χ3v) is 6.83. The van der Waals surface area contributed by atoms with Crippen molar-refractivity contribution in [1.29, 1.82) is 0 Å². The number of aromatic nitrogens is 1. The number of anilines is 2. The number of carbonyl (C=O) groups is 1. The fraction of sp³-hybridized carbons (Fsp3) is 0.238. The van der Waals surface area contributed by atoms with E-state index in [4.69, 9.17) is 9.47 Å². The van der Waals surface area contributed by atoms with Crippen LogP contribution in [0.4, 0.5) is 10.8 Å². The zero-order chi connectivity index (χ0) is 21.7.